The molecular weight excluding hydrogens is 439 g/mol. The predicted octanol–water partition coefficient (Wildman–Crippen LogP) is 4.88. The Hall–Kier alpha value is -3.32. The van der Waals surface area contributed by atoms with Crippen molar-refractivity contribution in [3.8, 4) is 5.75 Å². The first-order valence-electron chi connectivity index (χ1n) is 8.60. The van der Waals surface area contributed by atoms with Crippen molar-refractivity contribution in [1.82, 2.24) is 5.43 Å². The summed E-state index contributed by atoms with van der Waals surface area (Å²) in [4.78, 5) is 24.5. The zero-order valence-corrected chi connectivity index (χ0v) is 16.9. The number of hydrazone groups is 1. The number of nitrogens with zero attached hydrogens (tertiary/aromatic N) is 1. The number of benzene rings is 3. The number of hydrogen-bond donors (Lipinski definition) is 1. The van der Waals surface area contributed by atoms with Crippen molar-refractivity contribution >= 4 is 34.0 Å². The fourth-order valence-corrected chi connectivity index (χ4v) is 2.89. The van der Waals surface area contributed by atoms with E-state index in [0.717, 1.165) is 10.0 Å². The van der Waals surface area contributed by atoms with Gasteiger partial charge in [0.15, 0.2) is 0 Å². The molecule has 0 saturated carbocycles. The normalized spacial score (nSPS) is 10.7. The van der Waals surface area contributed by atoms with Crippen LogP contribution in [0.15, 0.2) is 76.3 Å². The van der Waals surface area contributed by atoms with Crippen LogP contribution >= 0.6 is 15.9 Å². The van der Waals surface area contributed by atoms with Gasteiger partial charge >= 0.3 is 5.97 Å². The smallest absolute Gasteiger partial charge is 0.343 e. The lowest BCUT2D eigenvalue weighted by atomic mass is 10.1. The van der Waals surface area contributed by atoms with Crippen molar-refractivity contribution in [2.75, 3.05) is 0 Å². The van der Waals surface area contributed by atoms with Gasteiger partial charge in [0.05, 0.1) is 17.3 Å². The van der Waals surface area contributed by atoms with E-state index in [1.807, 2.05) is 13.0 Å². The maximum Gasteiger partial charge on any atom is 0.343 e. The second kappa shape index (κ2) is 9.25. The van der Waals surface area contributed by atoms with Gasteiger partial charge in [0.1, 0.15) is 11.6 Å². The van der Waals surface area contributed by atoms with Crippen LogP contribution in [0.1, 0.15) is 31.8 Å². The van der Waals surface area contributed by atoms with E-state index in [1.54, 1.807) is 42.5 Å². The maximum absolute atomic E-state index is 13.7. The van der Waals surface area contributed by atoms with Gasteiger partial charge in [-0.2, -0.15) is 5.10 Å². The Bertz CT molecular complexity index is 1100. The van der Waals surface area contributed by atoms with E-state index in [9.17, 15) is 14.0 Å². The Balaban J connectivity index is 1.76. The number of rotatable bonds is 5. The number of aryl methyl sites for hydroxylation is 1. The highest BCUT2D eigenvalue weighted by molar-refractivity contribution is 9.10. The monoisotopic (exact) mass is 454 g/mol. The molecule has 0 spiro atoms. The topological polar surface area (TPSA) is 67.8 Å². The largest absolute Gasteiger partial charge is 0.422 e. The number of hydrogen-bond acceptors (Lipinski definition) is 4. The second-order valence-electron chi connectivity index (χ2n) is 6.12. The number of ether oxygens (including phenoxy) is 1. The standard InChI is InChI=1S/C22H16BrFN2O3/c1-14-5-4-6-15(11-14)22(28)29-20-10-9-17(23)12-16(20)13-25-26-21(27)18-7-2-3-8-19(18)24/h2-13H,1H3,(H,26,27)/b25-13-. The van der Waals surface area contributed by atoms with Crippen LogP contribution in [0.5, 0.6) is 5.75 Å². The molecule has 0 fully saturated rings. The molecule has 1 N–H and O–H groups in total. The van der Waals surface area contributed by atoms with Crippen molar-refractivity contribution in [3.05, 3.63) is 99.3 Å². The predicted molar refractivity (Wildman–Crippen MR) is 112 cm³/mol. The molecule has 3 rings (SSSR count). The van der Waals surface area contributed by atoms with Crippen molar-refractivity contribution in [2.45, 2.75) is 6.92 Å². The number of carbonyl (C=O) groups is 2. The number of amides is 1. The summed E-state index contributed by atoms with van der Waals surface area (Å²) in [5, 5.41) is 3.85. The zero-order chi connectivity index (χ0) is 20.8. The van der Waals surface area contributed by atoms with Gasteiger partial charge < -0.3 is 4.74 Å². The molecule has 0 bridgehead atoms. The van der Waals surface area contributed by atoms with Crippen LogP contribution in [-0.2, 0) is 0 Å². The highest BCUT2D eigenvalue weighted by atomic mass is 79.9. The lowest BCUT2D eigenvalue weighted by molar-refractivity contribution is 0.0734. The minimum absolute atomic E-state index is 0.120. The summed E-state index contributed by atoms with van der Waals surface area (Å²) in [6.45, 7) is 1.88. The molecule has 0 aliphatic carbocycles. The van der Waals surface area contributed by atoms with Crippen LogP contribution in [0.3, 0.4) is 0 Å². The third-order valence-electron chi connectivity index (χ3n) is 3.92. The second-order valence-corrected chi connectivity index (χ2v) is 7.04. The van der Waals surface area contributed by atoms with Crippen LogP contribution in [0.4, 0.5) is 4.39 Å². The van der Waals surface area contributed by atoms with Gasteiger partial charge in [0.25, 0.3) is 5.91 Å². The quantitative estimate of drug-likeness (QED) is 0.258. The van der Waals surface area contributed by atoms with Crippen molar-refractivity contribution < 1.29 is 18.7 Å². The molecule has 5 nitrogen and oxygen atoms in total. The molecule has 0 unspecified atom stereocenters. The van der Waals surface area contributed by atoms with E-state index in [4.69, 9.17) is 4.74 Å². The SMILES string of the molecule is Cc1cccc(C(=O)Oc2ccc(Br)cc2/C=N\NC(=O)c2ccccc2F)c1. The Morgan fingerprint density at radius 3 is 2.62 bits per heavy atom. The minimum Gasteiger partial charge on any atom is -0.422 e. The molecule has 146 valence electrons. The highest BCUT2D eigenvalue weighted by Gasteiger charge is 2.13. The van der Waals surface area contributed by atoms with Gasteiger partial charge in [0.2, 0.25) is 0 Å². The lowest BCUT2D eigenvalue weighted by Crippen LogP contribution is -2.19. The minimum atomic E-state index is -0.687. The number of carbonyl (C=O) groups excluding carboxylic acids is 2. The van der Waals surface area contributed by atoms with Crippen molar-refractivity contribution in [3.63, 3.8) is 0 Å². The van der Waals surface area contributed by atoms with Gasteiger partial charge in [-0.3, -0.25) is 4.79 Å². The molecule has 0 atom stereocenters. The fourth-order valence-electron chi connectivity index (χ4n) is 2.51. The van der Waals surface area contributed by atoms with E-state index in [2.05, 4.69) is 26.5 Å². The summed E-state index contributed by atoms with van der Waals surface area (Å²) in [7, 11) is 0. The van der Waals surface area contributed by atoms with Crippen molar-refractivity contribution in [1.29, 1.82) is 0 Å². The van der Waals surface area contributed by atoms with Gasteiger partial charge in [-0.15, -0.1) is 0 Å². The Kier molecular flexibility index (Phi) is 6.51. The van der Waals surface area contributed by atoms with E-state index < -0.39 is 17.7 Å². The van der Waals surface area contributed by atoms with E-state index in [1.165, 1.54) is 24.4 Å². The maximum atomic E-state index is 13.7. The third-order valence-corrected chi connectivity index (χ3v) is 4.41. The van der Waals surface area contributed by atoms with E-state index >= 15 is 0 Å². The van der Waals surface area contributed by atoms with Crippen LogP contribution < -0.4 is 10.2 Å². The average Bonchev–Trinajstić information content (AvgIpc) is 2.70. The first-order valence-corrected chi connectivity index (χ1v) is 9.39. The van der Waals surface area contributed by atoms with Gasteiger partial charge in [0, 0.05) is 10.0 Å². The molecule has 1 amide bonds. The molecular formula is C22H16BrFN2O3. The summed E-state index contributed by atoms with van der Waals surface area (Å²) in [5.41, 5.74) is 3.95. The zero-order valence-electron chi connectivity index (χ0n) is 15.4. The molecule has 0 heterocycles. The number of nitrogens with one attached hydrogen (secondary N) is 1. The summed E-state index contributed by atoms with van der Waals surface area (Å²) in [6, 6.07) is 17.6. The number of esters is 1. The molecule has 0 radical (unpaired) electrons. The number of halogens is 2. The lowest BCUT2D eigenvalue weighted by Gasteiger charge is -2.08. The summed E-state index contributed by atoms with van der Waals surface area (Å²) in [5.74, 6) is -1.58. The van der Waals surface area contributed by atoms with Crippen LogP contribution in [0, 0.1) is 12.7 Å². The first-order chi connectivity index (χ1) is 13.9. The summed E-state index contributed by atoms with van der Waals surface area (Å²) in [6.07, 6.45) is 1.32. The Morgan fingerprint density at radius 1 is 1.07 bits per heavy atom. The van der Waals surface area contributed by atoms with Gasteiger partial charge in [-0.25, -0.2) is 14.6 Å². The highest BCUT2D eigenvalue weighted by Crippen LogP contribution is 2.23. The molecule has 29 heavy (non-hydrogen) atoms. The van der Waals surface area contributed by atoms with E-state index in [-0.39, 0.29) is 11.3 Å². The fraction of sp³-hybridized carbons (Fsp3) is 0.0455. The molecule has 7 heteroatoms. The summed E-state index contributed by atoms with van der Waals surface area (Å²) >= 11 is 3.35. The third kappa shape index (κ3) is 5.36. The van der Waals surface area contributed by atoms with Gasteiger partial charge in [-0.05, 0) is 49.4 Å². The molecule has 0 saturated heterocycles. The van der Waals surface area contributed by atoms with Gasteiger partial charge in [-0.1, -0.05) is 45.8 Å². The first kappa shape index (κ1) is 20.4. The molecule has 3 aromatic rings. The Labute approximate surface area is 175 Å². The van der Waals surface area contributed by atoms with E-state index in [0.29, 0.717) is 11.1 Å². The Morgan fingerprint density at radius 2 is 1.86 bits per heavy atom. The average molecular weight is 455 g/mol. The molecule has 0 aromatic heterocycles. The molecule has 0 aliphatic rings. The molecule has 3 aromatic carbocycles. The molecule has 0 aliphatic heterocycles. The van der Waals surface area contributed by atoms with Crippen LogP contribution in [-0.4, -0.2) is 18.1 Å². The summed E-state index contributed by atoms with van der Waals surface area (Å²) < 4.78 is 19.9. The van der Waals surface area contributed by atoms with Crippen molar-refractivity contribution in [2.24, 2.45) is 5.10 Å². The van der Waals surface area contributed by atoms with Crippen LogP contribution in [0.2, 0.25) is 0 Å². The van der Waals surface area contributed by atoms with Crippen LogP contribution in [0.25, 0.3) is 0 Å².